The van der Waals surface area contributed by atoms with Gasteiger partial charge in [-0.1, -0.05) is 18.2 Å². The SMILES string of the molecule is CCNC(=NCc1oc2ccccc2c1C)N1CCOC(C2CCCO2)C1.I. The van der Waals surface area contributed by atoms with E-state index in [9.17, 15) is 0 Å². The lowest BCUT2D eigenvalue weighted by molar-refractivity contribution is -0.0817. The third kappa shape index (κ3) is 4.63. The van der Waals surface area contributed by atoms with Gasteiger partial charge in [0.25, 0.3) is 0 Å². The molecular weight excluding hydrogens is 469 g/mol. The lowest BCUT2D eigenvalue weighted by atomic mass is 10.1. The summed E-state index contributed by atoms with van der Waals surface area (Å²) >= 11 is 0. The Hall–Kier alpha value is -1.32. The van der Waals surface area contributed by atoms with Crippen molar-refractivity contribution in [2.24, 2.45) is 4.99 Å². The summed E-state index contributed by atoms with van der Waals surface area (Å²) in [5.41, 5.74) is 2.10. The van der Waals surface area contributed by atoms with Crippen LogP contribution in [0.25, 0.3) is 11.0 Å². The molecule has 2 aromatic rings. The molecule has 2 atom stereocenters. The summed E-state index contributed by atoms with van der Waals surface area (Å²) in [6.45, 7) is 8.78. The van der Waals surface area contributed by atoms with Gasteiger partial charge in [-0.05, 0) is 32.8 Å². The molecule has 1 N–H and O–H groups in total. The zero-order valence-corrected chi connectivity index (χ0v) is 19.0. The number of furan rings is 1. The highest BCUT2D eigenvalue weighted by Crippen LogP contribution is 2.26. The van der Waals surface area contributed by atoms with Gasteiger partial charge >= 0.3 is 0 Å². The average Bonchev–Trinajstić information content (AvgIpc) is 3.34. The lowest BCUT2D eigenvalue weighted by Crippen LogP contribution is -2.53. The van der Waals surface area contributed by atoms with E-state index < -0.39 is 0 Å². The first-order valence-electron chi connectivity index (χ1n) is 9.99. The second-order valence-corrected chi connectivity index (χ2v) is 7.22. The highest BCUT2D eigenvalue weighted by Gasteiger charge is 2.32. The van der Waals surface area contributed by atoms with Gasteiger partial charge in [0, 0.05) is 37.2 Å². The molecule has 1 aromatic carbocycles. The number of para-hydroxylation sites is 1. The van der Waals surface area contributed by atoms with Crippen LogP contribution in [-0.4, -0.2) is 55.9 Å². The maximum atomic E-state index is 6.02. The van der Waals surface area contributed by atoms with Gasteiger partial charge in [-0.2, -0.15) is 0 Å². The molecule has 2 saturated heterocycles. The molecule has 154 valence electrons. The van der Waals surface area contributed by atoms with Crippen molar-refractivity contribution in [3.63, 3.8) is 0 Å². The van der Waals surface area contributed by atoms with Gasteiger partial charge < -0.3 is 24.1 Å². The lowest BCUT2D eigenvalue weighted by Gasteiger charge is -2.37. The second-order valence-electron chi connectivity index (χ2n) is 7.22. The molecule has 28 heavy (non-hydrogen) atoms. The number of hydrogen-bond acceptors (Lipinski definition) is 4. The molecule has 1 aromatic heterocycles. The molecule has 7 heteroatoms. The van der Waals surface area contributed by atoms with Crippen LogP contribution < -0.4 is 5.32 Å². The number of rotatable bonds is 4. The van der Waals surface area contributed by atoms with Crippen molar-refractivity contribution in [3.05, 3.63) is 35.6 Å². The van der Waals surface area contributed by atoms with Crippen LogP contribution in [0.4, 0.5) is 0 Å². The molecule has 0 aliphatic carbocycles. The van der Waals surface area contributed by atoms with Crippen LogP contribution in [0.15, 0.2) is 33.7 Å². The zero-order valence-electron chi connectivity index (χ0n) is 16.6. The van der Waals surface area contributed by atoms with Gasteiger partial charge in [0.2, 0.25) is 0 Å². The molecule has 2 aliphatic rings. The molecule has 0 radical (unpaired) electrons. The number of aryl methyl sites for hydroxylation is 1. The van der Waals surface area contributed by atoms with Gasteiger partial charge in [0.05, 0.1) is 12.7 Å². The van der Waals surface area contributed by atoms with Crippen molar-refractivity contribution in [2.45, 2.75) is 45.4 Å². The summed E-state index contributed by atoms with van der Waals surface area (Å²) in [6.07, 6.45) is 2.56. The van der Waals surface area contributed by atoms with E-state index in [1.165, 1.54) is 5.56 Å². The van der Waals surface area contributed by atoms with Crippen LogP contribution in [0, 0.1) is 6.92 Å². The fourth-order valence-electron chi connectivity index (χ4n) is 3.94. The normalized spacial score (nSPS) is 23.1. The minimum absolute atomic E-state index is 0. The molecule has 0 amide bonds. The monoisotopic (exact) mass is 499 g/mol. The van der Waals surface area contributed by atoms with Crippen molar-refractivity contribution in [1.29, 1.82) is 0 Å². The maximum absolute atomic E-state index is 6.02. The number of guanidine groups is 1. The first-order chi connectivity index (χ1) is 13.3. The summed E-state index contributed by atoms with van der Waals surface area (Å²) in [7, 11) is 0. The average molecular weight is 499 g/mol. The summed E-state index contributed by atoms with van der Waals surface area (Å²) < 4.78 is 17.8. The van der Waals surface area contributed by atoms with E-state index >= 15 is 0 Å². The van der Waals surface area contributed by atoms with Gasteiger partial charge in [-0.15, -0.1) is 24.0 Å². The molecular formula is C21H30IN3O3. The Labute approximate surface area is 183 Å². The van der Waals surface area contributed by atoms with Crippen LogP contribution in [0.3, 0.4) is 0 Å². The van der Waals surface area contributed by atoms with Crippen molar-refractivity contribution < 1.29 is 13.9 Å². The maximum Gasteiger partial charge on any atom is 0.194 e. The Morgan fingerprint density at radius 2 is 2.04 bits per heavy atom. The Morgan fingerprint density at radius 3 is 2.79 bits per heavy atom. The summed E-state index contributed by atoms with van der Waals surface area (Å²) in [5, 5.41) is 4.59. The summed E-state index contributed by atoms with van der Waals surface area (Å²) in [5.74, 6) is 1.85. The first kappa shape index (κ1) is 21.4. The van der Waals surface area contributed by atoms with Crippen LogP contribution in [0.5, 0.6) is 0 Å². The van der Waals surface area contributed by atoms with E-state index in [1.54, 1.807) is 0 Å². The third-order valence-corrected chi connectivity index (χ3v) is 5.42. The Kier molecular flexibility index (Phi) is 7.59. The van der Waals surface area contributed by atoms with Crippen LogP contribution in [-0.2, 0) is 16.0 Å². The number of halogens is 1. The number of hydrogen-bond donors (Lipinski definition) is 1. The minimum Gasteiger partial charge on any atom is -0.459 e. The van der Waals surface area contributed by atoms with Crippen LogP contribution in [0.1, 0.15) is 31.1 Å². The zero-order chi connectivity index (χ0) is 18.6. The quantitative estimate of drug-likeness (QED) is 0.395. The van der Waals surface area contributed by atoms with Gasteiger partial charge in [0.1, 0.15) is 24.0 Å². The molecule has 0 bridgehead atoms. The van der Waals surface area contributed by atoms with E-state index in [4.69, 9.17) is 18.9 Å². The van der Waals surface area contributed by atoms with Crippen molar-refractivity contribution in [2.75, 3.05) is 32.8 Å². The van der Waals surface area contributed by atoms with E-state index in [1.807, 2.05) is 18.2 Å². The van der Waals surface area contributed by atoms with E-state index in [0.717, 1.165) is 61.8 Å². The predicted octanol–water partition coefficient (Wildman–Crippen LogP) is 3.70. The Balaban J connectivity index is 0.00000225. The van der Waals surface area contributed by atoms with Crippen molar-refractivity contribution in [1.82, 2.24) is 10.2 Å². The summed E-state index contributed by atoms with van der Waals surface area (Å²) in [6, 6.07) is 8.15. The largest absolute Gasteiger partial charge is 0.459 e. The highest BCUT2D eigenvalue weighted by molar-refractivity contribution is 14.0. The van der Waals surface area contributed by atoms with E-state index in [0.29, 0.717) is 13.2 Å². The number of morpholine rings is 1. The number of aliphatic imine (C=N–C) groups is 1. The summed E-state index contributed by atoms with van der Waals surface area (Å²) in [4.78, 5) is 7.15. The first-order valence-corrected chi connectivity index (χ1v) is 9.99. The molecule has 2 fully saturated rings. The number of ether oxygens (including phenoxy) is 2. The standard InChI is InChI=1S/C21H29N3O3.HI/c1-3-22-21(24-10-12-26-20(14-24)18-9-6-11-25-18)23-13-19-15(2)16-7-4-5-8-17(16)27-19;/h4-5,7-8,18,20H,3,6,9-14H2,1-2H3,(H,22,23);1H. The van der Waals surface area contributed by atoms with Gasteiger partial charge in [0.15, 0.2) is 5.96 Å². The molecule has 2 aliphatic heterocycles. The molecule has 0 spiro atoms. The minimum atomic E-state index is 0. The third-order valence-electron chi connectivity index (χ3n) is 5.42. The van der Waals surface area contributed by atoms with E-state index in [2.05, 4.69) is 30.1 Å². The van der Waals surface area contributed by atoms with Crippen LogP contribution in [0.2, 0.25) is 0 Å². The number of nitrogens with one attached hydrogen (secondary N) is 1. The van der Waals surface area contributed by atoms with Crippen LogP contribution >= 0.6 is 24.0 Å². The smallest absolute Gasteiger partial charge is 0.194 e. The fourth-order valence-corrected chi connectivity index (χ4v) is 3.94. The molecule has 4 rings (SSSR count). The van der Waals surface area contributed by atoms with E-state index in [-0.39, 0.29) is 36.2 Å². The Morgan fingerprint density at radius 1 is 1.21 bits per heavy atom. The van der Waals surface area contributed by atoms with Crippen molar-refractivity contribution in [3.8, 4) is 0 Å². The second kappa shape index (κ2) is 9.93. The topological polar surface area (TPSA) is 59.2 Å². The number of benzene rings is 1. The fraction of sp³-hybridized carbons (Fsp3) is 0.571. The predicted molar refractivity (Wildman–Crippen MR) is 121 cm³/mol. The highest BCUT2D eigenvalue weighted by atomic mass is 127. The Bertz CT molecular complexity index is 801. The molecule has 3 heterocycles. The number of fused-ring (bicyclic) bond motifs is 1. The molecule has 2 unspecified atom stereocenters. The number of nitrogens with zero attached hydrogens (tertiary/aromatic N) is 2. The van der Waals surface area contributed by atoms with Gasteiger partial charge in [-0.3, -0.25) is 0 Å². The molecule has 6 nitrogen and oxygen atoms in total. The molecule has 0 saturated carbocycles. The van der Waals surface area contributed by atoms with Crippen molar-refractivity contribution >= 4 is 40.9 Å². The van der Waals surface area contributed by atoms with Gasteiger partial charge in [-0.25, -0.2) is 4.99 Å².